The molecule has 2 rings (SSSR count). The molecule has 0 fully saturated rings. The summed E-state index contributed by atoms with van der Waals surface area (Å²) in [5.41, 5.74) is 6.78. The molecule has 0 saturated carbocycles. The summed E-state index contributed by atoms with van der Waals surface area (Å²) in [6.07, 6.45) is 6.36. The van der Waals surface area contributed by atoms with Gasteiger partial charge in [0.2, 0.25) is 5.91 Å². The maximum absolute atomic E-state index is 12.6. The molecule has 2 aromatic heterocycles. The number of carboxylic acid groups (broad SMARTS) is 3. The van der Waals surface area contributed by atoms with Crippen LogP contribution < -0.4 is 5.32 Å². The van der Waals surface area contributed by atoms with Crippen LogP contribution in [-0.2, 0) is 53.9 Å². The number of rotatable bonds is 27. The molecule has 0 aliphatic heterocycles. The molecule has 1 radical (unpaired) electrons. The molecule has 6 N–H and O–H groups in total. The van der Waals surface area contributed by atoms with E-state index >= 15 is 0 Å². The summed E-state index contributed by atoms with van der Waals surface area (Å²) in [5.74, 6) is 0.796. The van der Waals surface area contributed by atoms with Crippen LogP contribution in [0.25, 0.3) is 0 Å². The van der Waals surface area contributed by atoms with Crippen LogP contribution in [0.3, 0.4) is 0 Å². The summed E-state index contributed by atoms with van der Waals surface area (Å²) in [6, 6.07) is 3.14. The Morgan fingerprint density at radius 2 is 1.05 bits per heavy atom. The average Bonchev–Trinajstić information content (AvgIpc) is 3.70. The number of carbonyl (C=O) groups is 5. The van der Waals surface area contributed by atoms with E-state index in [-0.39, 0.29) is 41.6 Å². The quantitative estimate of drug-likeness (QED) is 0.0375. The standard InChI is InChI=1S/C28H47N3O7.C19H33NO.Cu/c1-7-17(3)19(5)27(18(4)8-2)22-13-21(20(6)30-22)14-24(32)29-12-10-9-11-23(28(37)38)31(15-25(33)34)16-26(35)36;1-8-12(3)15(6)19(13(4)9-2)18-11-17(10-14(5)21)16(7)20-18;/h13,17-19,23,27,30H,7-12,14-16H2,1-6H3,(H,29,32)(H,33,34)(H,35,36)(H,37,38);11-13,15,19-20H,8-10H2,1-7H3;/q;;+2. The fourth-order valence-electron chi connectivity index (χ4n) is 8.44. The van der Waals surface area contributed by atoms with Gasteiger partial charge >= 0.3 is 35.0 Å². The minimum absolute atomic E-state index is 0. The van der Waals surface area contributed by atoms with Crippen LogP contribution >= 0.6 is 0 Å². The van der Waals surface area contributed by atoms with E-state index in [1.165, 1.54) is 29.8 Å². The molecular weight excluding hydrogens is 812 g/mol. The van der Waals surface area contributed by atoms with Gasteiger partial charge in [0.15, 0.2) is 0 Å². The Bertz CT molecular complexity index is 1610. The van der Waals surface area contributed by atoms with Crippen molar-refractivity contribution in [2.24, 2.45) is 35.5 Å². The van der Waals surface area contributed by atoms with Gasteiger partial charge in [0.05, 0.1) is 19.5 Å². The first-order valence-corrected chi connectivity index (χ1v) is 22.2. The molecule has 13 heteroatoms. The van der Waals surface area contributed by atoms with Crippen molar-refractivity contribution in [3.8, 4) is 0 Å². The van der Waals surface area contributed by atoms with Gasteiger partial charge in [0, 0.05) is 47.6 Å². The number of unbranched alkanes of at least 4 members (excludes halogenated alkanes) is 1. The maximum atomic E-state index is 12.6. The molecule has 12 nitrogen and oxygen atoms in total. The molecule has 0 saturated heterocycles. The second-order valence-corrected chi connectivity index (χ2v) is 17.5. The number of aromatic nitrogens is 2. The smallest absolute Gasteiger partial charge is 0.480 e. The summed E-state index contributed by atoms with van der Waals surface area (Å²) in [5, 5.41) is 30.3. The van der Waals surface area contributed by atoms with Crippen molar-refractivity contribution in [3.63, 3.8) is 0 Å². The molecule has 60 heavy (non-hydrogen) atoms. The summed E-state index contributed by atoms with van der Waals surface area (Å²) in [4.78, 5) is 65.7. The minimum Gasteiger partial charge on any atom is -0.480 e. The Balaban J connectivity index is 0.00000134. The molecule has 2 aromatic rings. The monoisotopic (exact) mass is 892 g/mol. The predicted molar refractivity (Wildman–Crippen MR) is 236 cm³/mol. The van der Waals surface area contributed by atoms with Crippen molar-refractivity contribution in [2.45, 2.75) is 166 Å². The van der Waals surface area contributed by atoms with E-state index in [4.69, 9.17) is 10.2 Å². The van der Waals surface area contributed by atoms with Crippen LogP contribution in [0.15, 0.2) is 12.1 Å². The SMILES string of the molecule is CCC(C)C(C)C(c1cc(CC(=O)NCCCCC(C(=O)O)N(CC(=O)O)CC(=O)O)c(C)[nH]1)C(C)CC.CCC(C)C(C)C(c1cc(CC(C)=O)c(C)[nH]1)C(C)CC.[Cu+2]. The van der Waals surface area contributed by atoms with E-state index in [2.05, 4.69) is 104 Å². The van der Waals surface area contributed by atoms with Crippen LogP contribution in [0, 0.1) is 49.4 Å². The summed E-state index contributed by atoms with van der Waals surface area (Å²) in [6.45, 7) is 27.7. The van der Waals surface area contributed by atoms with Crippen molar-refractivity contribution >= 4 is 29.6 Å². The molecule has 1 amide bonds. The summed E-state index contributed by atoms with van der Waals surface area (Å²) >= 11 is 0. The van der Waals surface area contributed by atoms with E-state index in [1.54, 1.807) is 6.92 Å². The van der Waals surface area contributed by atoms with Crippen molar-refractivity contribution in [1.29, 1.82) is 0 Å². The number of nitrogens with one attached hydrogen (secondary N) is 3. The first-order valence-electron chi connectivity index (χ1n) is 22.2. The first-order chi connectivity index (χ1) is 27.6. The van der Waals surface area contributed by atoms with E-state index in [9.17, 15) is 29.1 Å². The van der Waals surface area contributed by atoms with Crippen molar-refractivity contribution < 1.29 is 56.4 Å². The average molecular weight is 893 g/mol. The number of carboxylic acids is 3. The topological polar surface area (TPSA) is 193 Å². The number of ketones is 1. The van der Waals surface area contributed by atoms with Gasteiger partial charge in [-0.15, -0.1) is 0 Å². The first kappa shape index (κ1) is 56.6. The Labute approximate surface area is 371 Å². The zero-order valence-corrected chi connectivity index (χ0v) is 39.9. The Hall–Kier alpha value is -3.41. The van der Waals surface area contributed by atoms with Gasteiger partial charge in [-0.25, -0.2) is 0 Å². The van der Waals surface area contributed by atoms with Gasteiger partial charge in [0.1, 0.15) is 11.8 Å². The number of Topliss-reactive ketones (excluding diaryl/α,β-unsaturated/α-hetero) is 1. The number of carbonyl (C=O) groups excluding carboxylic acids is 2. The Kier molecular flexibility index (Phi) is 26.6. The molecule has 0 aromatic carbocycles. The zero-order chi connectivity index (χ0) is 45.1. The summed E-state index contributed by atoms with van der Waals surface area (Å²) in [7, 11) is 0. The predicted octanol–water partition coefficient (Wildman–Crippen LogP) is 9.15. The van der Waals surface area contributed by atoms with Crippen molar-refractivity contribution in [1.82, 2.24) is 20.2 Å². The number of aryl methyl sites for hydroxylation is 2. The fourth-order valence-corrected chi connectivity index (χ4v) is 8.44. The molecule has 0 aliphatic carbocycles. The maximum Gasteiger partial charge on any atom is 2.00 e. The van der Waals surface area contributed by atoms with E-state index in [0.717, 1.165) is 34.7 Å². The van der Waals surface area contributed by atoms with Crippen molar-refractivity contribution in [2.75, 3.05) is 19.6 Å². The van der Waals surface area contributed by atoms with Crippen LogP contribution in [-0.4, -0.2) is 85.5 Å². The third kappa shape index (κ3) is 18.3. The fraction of sp³-hybridized carbons (Fsp3) is 0.723. The zero-order valence-electron chi connectivity index (χ0n) is 39.0. The molecule has 0 bridgehead atoms. The summed E-state index contributed by atoms with van der Waals surface area (Å²) < 4.78 is 0. The van der Waals surface area contributed by atoms with E-state index in [1.807, 2.05) is 6.92 Å². The molecule has 345 valence electrons. The minimum atomic E-state index is -1.29. The largest absolute Gasteiger partial charge is 2.00 e. The van der Waals surface area contributed by atoms with Gasteiger partial charge < -0.3 is 30.6 Å². The van der Waals surface area contributed by atoms with Crippen LogP contribution in [0.2, 0.25) is 0 Å². The van der Waals surface area contributed by atoms with Crippen molar-refractivity contribution in [3.05, 3.63) is 46.0 Å². The number of hydrogen-bond donors (Lipinski definition) is 6. The van der Waals surface area contributed by atoms with E-state index < -0.39 is 37.0 Å². The number of aromatic amines is 2. The molecule has 0 aliphatic rings. The second-order valence-electron chi connectivity index (χ2n) is 17.5. The number of aliphatic carboxylic acids is 3. The number of nitrogens with zero attached hydrogens (tertiary/aromatic N) is 1. The second kappa shape index (κ2) is 28.2. The number of amides is 1. The number of H-pyrrole nitrogens is 2. The Morgan fingerprint density at radius 3 is 1.40 bits per heavy atom. The van der Waals surface area contributed by atoms with Gasteiger partial charge in [-0.2, -0.15) is 0 Å². The molecule has 9 unspecified atom stereocenters. The molecule has 0 spiro atoms. The Morgan fingerprint density at radius 1 is 0.650 bits per heavy atom. The third-order valence-electron chi connectivity index (χ3n) is 13.2. The van der Waals surface area contributed by atoms with Crippen LogP contribution in [0.1, 0.15) is 167 Å². The van der Waals surface area contributed by atoms with E-state index in [0.29, 0.717) is 73.2 Å². The van der Waals surface area contributed by atoms with Gasteiger partial charge in [-0.05, 0) is 98.8 Å². The van der Waals surface area contributed by atoms with Gasteiger partial charge in [-0.3, -0.25) is 28.9 Å². The molecule has 2 heterocycles. The molecular formula is C47H80CuN4O8+2. The molecule has 9 atom stereocenters. The van der Waals surface area contributed by atoms with Gasteiger partial charge in [0.25, 0.3) is 0 Å². The van der Waals surface area contributed by atoms with Gasteiger partial charge in [-0.1, -0.05) is 94.9 Å². The normalized spacial score (nSPS) is 15.8. The van der Waals surface area contributed by atoms with Crippen LogP contribution in [0.5, 0.6) is 0 Å². The number of hydrogen-bond acceptors (Lipinski definition) is 6. The third-order valence-corrected chi connectivity index (χ3v) is 13.2. The van der Waals surface area contributed by atoms with Crippen LogP contribution in [0.4, 0.5) is 0 Å².